The monoisotopic (exact) mass is 254 g/mol. The second-order valence-corrected chi connectivity index (χ2v) is 6.06. The van der Waals surface area contributed by atoms with Crippen LogP contribution in [0, 0.1) is 0 Å². The Morgan fingerprint density at radius 1 is 1.47 bits per heavy atom. The lowest BCUT2D eigenvalue weighted by atomic mass is 9.96. The van der Waals surface area contributed by atoms with Crippen molar-refractivity contribution in [2.45, 2.75) is 45.1 Å². The average molecular weight is 254 g/mol. The predicted molar refractivity (Wildman–Crippen MR) is 68.3 cm³/mol. The number of amides is 1. The minimum absolute atomic E-state index is 0.0503. The van der Waals surface area contributed by atoms with Crippen LogP contribution in [0.4, 0.5) is 5.13 Å². The van der Waals surface area contributed by atoms with E-state index in [1.54, 1.807) is 0 Å². The van der Waals surface area contributed by atoms with Gasteiger partial charge in [0.2, 0.25) is 11.0 Å². The Morgan fingerprint density at radius 3 is 2.82 bits per heavy atom. The molecule has 0 saturated carbocycles. The number of nitrogens with zero attached hydrogens (tertiary/aromatic N) is 2. The van der Waals surface area contributed by atoms with Crippen molar-refractivity contribution in [1.29, 1.82) is 0 Å². The average Bonchev–Trinajstić information content (AvgIpc) is 2.69. The molecule has 2 N–H and O–H groups in total. The maximum atomic E-state index is 11.6. The molecule has 1 amide bonds. The van der Waals surface area contributed by atoms with Gasteiger partial charge in [0.1, 0.15) is 11.9 Å². The van der Waals surface area contributed by atoms with Crippen molar-refractivity contribution in [3.8, 4) is 0 Å². The van der Waals surface area contributed by atoms with Crippen LogP contribution in [0.3, 0.4) is 0 Å². The normalized spacial score (nSPS) is 21.1. The Kier molecular flexibility index (Phi) is 3.33. The number of hydrogen-bond acceptors (Lipinski definition) is 5. The molecule has 0 aliphatic carbocycles. The maximum Gasteiger partial charge on any atom is 0.242 e. The molecule has 1 aliphatic heterocycles. The molecule has 0 spiro atoms. The van der Waals surface area contributed by atoms with E-state index in [1.807, 2.05) is 0 Å². The Balaban J connectivity index is 2.03. The summed E-state index contributed by atoms with van der Waals surface area (Å²) < 4.78 is 4.31. The molecular weight excluding hydrogens is 236 g/mol. The van der Waals surface area contributed by atoms with Gasteiger partial charge in [-0.1, -0.05) is 20.8 Å². The highest BCUT2D eigenvalue weighted by Gasteiger charge is 2.24. The number of nitrogens with one attached hydrogen (secondary N) is 2. The zero-order chi connectivity index (χ0) is 12.5. The van der Waals surface area contributed by atoms with Crippen molar-refractivity contribution in [3.63, 3.8) is 0 Å². The van der Waals surface area contributed by atoms with Crippen LogP contribution in [0.5, 0.6) is 0 Å². The van der Waals surface area contributed by atoms with Crippen LogP contribution in [0.1, 0.15) is 39.4 Å². The summed E-state index contributed by atoms with van der Waals surface area (Å²) in [6.45, 7) is 7.00. The molecule has 2 heterocycles. The lowest BCUT2D eigenvalue weighted by molar-refractivity contribution is -0.123. The van der Waals surface area contributed by atoms with Crippen LogP contribution in [0.25, 0.3) is 0 Å². The molecule has 2 rings (SSSR count). The molecule has 5 nitrogen and oxygen atoms in total. The lowest BCUT2D eigenvalue weighted by Crippen LogP contribution is -2.44. The van der Waals surface area contributed by atoms with Gasteiger partial charge in [-0.3, -0.25) is 4.79 Å². The highest BCUT2D eigenvalue weighted by molar-refractivity contribution is 7.09. The highest BCUT2D eigenvalue weighted by Crippen LogP contribution is 2.23. The van der Waals surface area contributed by atoms with Crippen molar-refractivity contribution in [2.75, 3.05) is 11.9 Å². The van der Waals surface area contributed by atoms with Gasteiger partial charge >= 0.3 is 0 Å². The van der Waals surface area contributed by atoms with Gasteiger partial charge in [-0.2, -0.15) is 4.37 Å². The Bertz CT molecular complexity index is 410. The molecule has 1 unspecified atom stereocenters. The van der Waals surface area contributed by atoms with Gasteiger partial charge in [0.15, 0.2) is 0 Å². The van der Waals surface area contributed by atoms with Crippen LogP contribution in [-0.2, 0) is 10.2 Å². The van der Waals surface area contributed by atoms with Crippen molar-refractivity contribution in [3.05, 3.63) is 5.82 Å². The summed E-state index contributed by atoms with van der Waals surface area (Å²) >= 11 is 1.32. The molecule has 94 valence electrons. The van der Waals surface area contributed by atoms with E-state index in [4.69, 9.17) is 0 Å². The van der Waals surface area contributed by atoms with Gasteiger partial charge in [-0.25, -0.2) is 4.98 Å². The van der Waals surface area contributed by atoms with E-state index in [1.165, 1.54) is 11.5 Å². The third-order valence-electron chi connectivity index (χ3n) is 2.68. The Morgan fingerprint density at radius 2 is 2.24 bits per heavy atom. The van der Waals surface area contributed by atoms with E-state index in [2.05, 4.69) is 40.8 Å². The van der Waals surface area contributed by atoms with Gasteiger partial charge in [0.25, 0.3) is 0 Å². The highest BCUT2D eigenvalue weighted by atomic mass is 32.1. The van der Waals surface area contributed by atoms with Crippen LogP contribution in [0.2, 0.25) is 0 Å². The summed E-state index contributed by atoms with van der Waals surface area (Å²) in [7, 11) is 0. The molecule has 1 saturated heterocycles. The fourth-order valence-electron chi connectivity index (χ4n) is 1.65. The first-order valence-electron chi connectivity index (χ1n) is 5.85. The number of rotatable bonds is 2. The van der Waals surface area contributed by atoms with Gasteiger partial charge in [-0.05, 0) is 12.8 Å². The summed E-state index contributed by atoms with van der Waals surface area (Å²) in [5.74, 6) is 0.880. The topological polar surface area (TPSA) is 66.9 Å². The quantitative estimate of drug-likeness (QED) is 0.840. The summed E-state index contributed by atoms with van der Waals surface area (Å²) in [6.07, 6.45) is 1.87. The number of carbonyl (C=O) groups is 1. The van der Waals surface area contributed by atoms with Crippen molar-refractivity contribution in [1.82, 2.24) is 14.7 Å². The first kappa shape index (κ1) is 12.3. The van der Waals surface area contributed by atoms with E-state index in [0.29, 0.717) is 0 Å². The summed E-state index contributed by atoms with van der Waals surface area (Å²) in [6, 6.07) is -0.162. The minimum Gasteiger partial charge on any atom is -0.354 e. The number of anilines is 1. The summed E-state index contributed by atoms with van der Waals surface area (Å²) in [5.41, 5.74) is -0.0503. The molecular formula is C11H18N4OS. The molecule has 1 aliphatic rings. The third kappa shape index (κ3) is 2.94. The van der Waals surface area contributed by atoms with Crippen LogP contribution in [-0.4, -0.2) is 27.9 Å². The van der Waals surface area contributed by atoms with E-state index >= 15 is 0 Å². The standard InChI is InChI=1S/C11H18N4OS/c1-11(2,3)9-14-10(17-15-9)13-7-5-4-6-12-8(7)16/h7H,4-6H2,1-3H3,(H,12,16)(H,13,14,15). The smallest absolute Gasteiger partial charge is 0.242 e. The molecule has 1 atom stereocenters. The molecule has 6 heteroatoms. The van der Waals surface area contributed by atoms with Crippen molar-refractivity contribution in [2.24, 2.45) is 0 Å². The second-order valence-electron chi connectivity index (χ2n) is 5.30. The summed E-state index contributed by atoms with van der Waals surface area (Å²) in [5, 5.41) is 6.73. The molecule has 1 aromatic rings. The first-order chi connectivity index (χ1) is 7.97. The lowest BCUT2D eigenvalue weighted by Gasteiger charge is -2.22. The van der Waals surface area contributed by atoms with E-state index in [-0.39, 0.29) is 17.4 Å². The van der Waals surface area contributed by atoms with E-state index < -0.39 is 0 Å². The summed E-state index contributed by atoms with van der Waals surface area (Å²) in [4.78, 5) is 16.0. The largest absolute Gasteiger partial charge is 0.354 e. The Labute approximate surface area is 105 Å². The molecule has 0 aromatic carbocycles. The minimum atomic E-state index is -0.162. The van der Waals surface area contributed by atoms with Gasteiger partial charge in [0.05, 0.1) is 0 Å². The molecule has 0 bridgehead atoms. The second kappa shape index (κ2) is 4.60. The van der Waals surface area contributed by atoms with Crippen molar-refractivity contribution < 1.29 is 4.79 Å². The van der Waals surface area contributed by atoms with E-state index in [9.17, 15) is 4.79 Å². The van der Waals surface area contributed by atoms with E-state index in [0.717, 1.165) is 30.3 Å². The van der Waals surface area contributed by atoms with Gasteiger partial charge in [0, 0.05) is 23.5 Å². The third-order valence-corrected chi connectivity index (χ3v) is 3.33. The van der Waals surface area contributed by atoms with Gasteiger partial charge in [-0.15, -0.1) is 0 Å². The zero-order valence-corrected chi connectivity index (χ0v) is 11.2. The number of aromatic nitrogens is 2. The number of carbonyl (C=O) groups excluding carboxylic acids is 1. The van der Waals surface area contributed by atoms with Crippen molar-refractivity contribution >= 4 is 22.6 Å². The van der Waals surface area contributed by atoms with Crippen LogP contribution in [0.15, 0.2) is 0 Å². The van der Waals surface area contributed by atoms with Crippen LogP contribution >= 0.6 is 11.5 Å². The van der Waals surface area contributed by atoms with Crippen LogP contribution < -0.4 is 10.6 Å². The first-order valence-corrected chi connectivity index (χ1v) is 6.62. The fraction of sp³-hybridized carbons (Fsp3) is 0.727. The molecule has 1 aromatic heterocycles. The zero-order valence-electron chi connectivity index (χ0n) is 10.4. The predicted octanol–water partition coefficient (Wildman–Crippen LogP) is 1.53. The number of hydrogen-bond donors (Lipinski definition) is 2. The molecule has 1 fully saturated rings. The SMILES string of the molecule is CC(C)(C)c1nsc(NC2CCCNC2=O)n1. The maximum absolute atomic E-state index is 11.6. The van der Waals surface area contributed by atoms with Gasteiger partial charge < -0.3 is 10.6 Å². The number of piperidine rings is 1. The Hall–Kier alpha value is -1.17. The molecule has 17 heavy (non-hydrogen) atoms. The fourth-order valence-corrected chi connectivity index (χ4v) is 2.46. The molecule has 0 radical (unpaired) electrons.